The molecule has 0 aliphatic carbocycles. The number of alkyl halides is 3. The van der Waals surface area contributed by atoms with Gasteiger partial charge < -0.3 is 11.1 Å². The third kappa shape index (κ3) is 2.70. The number of nitrogens with zero attached hydrogens (tertiary/aromatic N) is 2. The standard InChI is InChI=1S/C9H10F3N5O2.ClH/c10-9(11,12)4-17-5(1-2-14-17)8(3-13)6(18)15-7(19)16-8;/h1-2H,3-4,13H2,(H2,15,16,18,19);1H/t8-;/m1./s1. The number of halogens is 4. The lowest BCUT2D eigenvalue weighted by Gasteiger charge is -2.25. The van der Waals surface area contributed by atoms with Crippen LogP contribution < -0.4 is 16.4 Å². The van der Waals surface area contributed by atoms with Gasteiger partial charge in [0.15, 0.2) is 5.54 Å². The number of hydrogen-bond donors (Lipinski definition) is 3. The molecule has 112 valence electrons. The van der Waals surface area contributed by atoms with Crippen molar-refractivity contribution in [2.24, 2.45) is 5.73 Å². The maximum atomic E-state index is 12.4. The first-order valence-electron chi connectivity index (χ1n) is 5.21. The minimum atomic E-state index is -4.50. The molecule has 0 unspecified atom stereocenters. The van der Waals surface area contributed by atoms with Crippen LogP contribution in [0, 0.1) is 0 Å². The lowest BCUT2D eigenvalue weighted by Crippen LogP contribution is -2.51. The zero-order chi connectivity index (χ0) is 14.3. The second kappa shape index (κ2) is 5.29. The van der Waals surface area contributed by atoms with Crippen molar-refractivity contribution in [3.05, 3.63) is 18.0 Å². The SMILES string of the molecule is Cl.NC[C@]1(c2ccnn2CC(F)(F)F)NC(=O)NC1=O. The first-order chi connectivity index (χ1) is 8.78. The van der Waals surface area contributed by atoms with Crippen LogP contribution in [0.15, 0.2) is 12.3 Å². The molecule has 1 aromatic rings. The van der Waals surface area contributed by atoms with E-state index < -0.39 is 30.2 Å². The van der Waals surface area contributed by atoms with E-state index in [1.54, 1.807) is 0 Å². The molecule has 1 aliphatic heterocycles. The van der Waals surface area contributed by atoms with Crippen molar-refractivity contribution in [2.75, 3.05) is 6.54 Å². The number of imide groups is 1. The molecule has 0 aromatic carbocycles. The van der Waals surface area contributed by atoms with E-state index in [4.69, 9.17) is 5.73 Å². The van der Waals surface area contributed by atoms with Crippen LogP contribution in [0.1, 0.15) is 5.69 Å². The van der Waals surface area contributed by atoms with Crippen LogP contribution in [0.5, 0.6) is 0 Å². The maximum absolute atomic E-state index is 12.4. The zero-order valence-electron chi connectivity index (χ0n) is 9.90. The van der Waals surface area contributed by atoms with E-state index in [1.165, 1.54) is 6.07 Å². The fourth-order valence-corrected chi connectivity index (χ4v) is 1.91. The molecule has 4 N–H and O–H groups in total. The van der Waals surface area contributed by atoms with Crippen LogP contribution in [0.25, 0.3) is 0 Å². The average molecular weight is 314 g/mol. The Hall–Kier alpha value is -1.81. The quantitative estimate of drug-likeness (QED) is 0.676. The Morgan fingerprint density at radius 2 is 2.05 bits per heavy atom. The normalized spacial score (nSPS) is 22.2. The Bertz CT molecular complexity index is 532. The highest BCUT2D eigenvalue weighted by atomic mass is 35.5. The van der Waals surface area contributed by atoms with Crippen LogP contribution in [0.2, 0.25) is 0 Å². The Morgan fingerprint density at radius 3 is 2.50 bits per heavy atom. The van der Waals surface area contributed by atoms with Crippen molar-refractivity contribution in [1.29, 1.82) is 0 Å². The number of hydrogen-bond acceptors (Lipinski definition) is 4. The van der Waals surface area contributed by atoms with Gasteiger partial charge in [-0.3, -0.25) is 14.8 Å². The summed E-state index contributed by atoms with van der Waals surface area (Å²) in [5.41, 5.74) is 3.61. The predicted octanol–water partition coefficient (Wildman–Crippen LogP) is -0.139. The molecule has 1 atom stereocenters. The predicted molar refractivity (Wildman–Crippen MR) is 62.9 cm³/mol. The smallest absolute Gasteiger partial charge is 0.327 e. The second-order valence-electron chi connectivity index (χ2n) is 4.01. The van der Waals surface area contributed by atoms with E-state index in [9.17, 15) is 22.8 Å². The van der Waals surface area contributed by atoms with Gasteiger partial charge in [-0.25, -0.2) is 4.79 Å². The van der Waals surface area contributed by atoms with Gasteiger partial charge in [-0.05, 0) is 6.07 Å². The molecule has 20 heavy (non-hydrogen) atoms. The van der Waals surface area contributed by atoms with Gasteiger partial charge in [-0.15, -0.1) is 12.4 Å². The summed E-state index contributed by atoms with van der Waals surface area (Å²) < 4.78 is 37.8. The maximum Gasteiger partial charge on any atom is 0.408 e. The van der Waals surface area contributed by atoms with Crippen LogP contribution in [0.3, 0.4) is 0 Å². The van der Waals surface area contributed by atoms with E-state index in [-0.39, 0.29) is 24.6 Å². The summed E-state index contributed by atoms with van der Waals surface area (Å²) >= 11 is 0. The summed E-state index contributed by atoms with van der Waals surface area (Å²) in [6.45, 7) is -1.76. The molecule has 0 saturated carbocycles. The van der Waals surface area contributed by atoms with Crippen molar-refractivity contribution in [3.63, 3.8) is 0 Å². The van der Waals surface area contributed by atoms with Crippen molar-refractivity contribution < 1.29 is 22.8 Å². The average Bonchev–Trinajstić information content (AvgIpc) is 2.81. The largest absolute Gasteiger partial charge is 0.408 e. The van der Waals surface area contributed by atoms with Gasteiger partial charge in [0.2, 0.25) is 0 Å². The second-order valence-corrected chi connectivity index (χ2v) is 4.01. The number of urea groups is 1. The third-order valence-corrected chi connectivity index (χ3v) is 2.73. The van der Waals surface area contributed by atoms with Gasteiger partial charge in [-0.1, -0.05) is 0 Å². The minimum Gasteiger partial charge on any atom is -0.327 e. The molecule has 7 nitrogen and oxygen atoms in total. The molecule has 2 rings (SSSR count). The fourth-order valence-electron chi connectivity index (χ4n) is 1.91. The number of carbonyl (C=O) groups excluding carboxylic acids is 2. The molecule has 1 aromatic heterocycles. The molecule has 2 heterocycles. The van der Waals surface area contributed by atoms with Gasteiger partial charge in [0.25, 0.3) is 5.91 Å². The molecule has 0 bridgehead atoms. The van der Waals surface area contributed by atoms with Gasteiger partial charge in [0, 0.05) is 12.7 Å². The number of nitrogens with one attached hydrogen (secondary N) is 2. The molecule has 0 spiro atoms. The molecule has 0 radical (unpaired) electrons. The Kier molecular flexibility index (Phi) is 4.30. The number of nitrogens with two attached hydrogens (primary N) is 1. The summed E-state index contributed by atoms with van der Waals surface area (Å²) in [6.07, 6.45) is -3.40. The third-order valence-electron chi connectivity index (χ3n) is 2.73. The van der Waals surface area contributed by atoms with E-state index in [2.05, 4.69) is 10.4 Å². The number of amides is 3. The highest BCUT2D eigenvalue weighted by Crippen LogP contribution is 2.26. The van der Waals surface area contributed by atoms with Crippen LogP contribution >= 0.6 is 12.4 Å². The van der Waals surface area contributed by atoms with Crippen LogP contribution in [0.4, 0.5) is 18.0 Å². The molecular weight excluding hydrogens is 303 g/mol. The van der Waals surface area contributed by atoms with Gasteiger partial charge in [-0.2, -0.15) is 18.3 Å². The van der Waals surface area contributed by atoms with Crippen molar-refractivity contribution in [1.82, 2.24) is 20.4 Å². The van der Waals surface area contributed by atoms with E-state index in [0.717, 1.165) is 6.20 Å². The van der Waals surface area contributed by atoms with Gasteiger partial charge in [0.05, 0.1) is 5.69 Å². The first-order valence-corrected chi connectivity index (χ1v) is 5.21. The highest BCUT2D eigenvalue weighted by molar-refractivity contribution is 6.07. The van der Waals surface area contributed by atoms with Crippen molar-refractivity contribution in [2.45, 2.75) is 18.3 Å². The van der Waals surface area contributed by atoms with Crippen LogP contribution in [-0.4, -0.2) is 34.4 Å². The first kappa shape index (κ1) is 16.2. The molecule has 1 fully saturated rings. The Balaban J connectivity index is 0.00000200. The number of aromatic nitrogens is 2. The lowest BCUT2D eigenvalue weighted by atomic mass is 9.95. The monoisotopic (exact) mass is 313 g/mol. The summed E-state index contributed by atoms with van der Waals surface area (Å²) in [4.78, 5) is 22.9. The molecule has 11 heteroatoms. The molecule has 3 amide bonds. The van der Waals surface area contributed by atoms with Gasteiger partial charge in [0.1, 0.15) is 6.54 Å². The molecule has 1 saturated heterocycles. The number of rotatable bonds is 3. The number of carbonyl (C=O) groups is 2. The van der Waals surface area contributed by atoms with E-state index >= 15 is 0 Å². The summed E-state index contributed by atoms with van der Waals surface area (Å²) in [6, 6.07) is 0.402. The van der Waals surface area contributed by atoms with Crippen LogP contribution in [-0.2, 0) is 16.9 Å². The van der Waals surface area contributed by atoms with E-state index in [0.29, 0.717) is 4.68 Å². The molecular formula is C9H11ClF3N5O2. The molecule has 1 aliphatic rings. The lowest BCUT2D eigenvalue weighted by molar-refractivity contribution is -0.144. The highest BCUT2D eigenvalue weighted by Gasteiger charge is 2.49. The summed E-state index contributed by atoms with van der Waals surface area (Å²) in [5.74, 6) is -0.802. The Morgan fingerprint density at radius 1 is 1.40 bits per heavy atom. The topological polar surface area (TPSA) is 102 Å². The fraction of sp³-hybridized carbons (Fsp3) is 0.444. The van der Waals surface area contributed by atoms with Crippen molar-refractivity contribution in [3.8, 4) is 0 Å². The Labute approximate surface area is 117 Å². The van der Waals surface area contributed by atoms with E-state index in [1.807, 2.05) is 5.32 Å². The minimum absolute atomic E-state index is 0. The van der Waals surface area contributed by atoms with Gasteiger partial charge >= 0.3 is 12.2 Å². The zero-order valence-corrected chi connectivity index (χ0v) is 10.7. The van der Waals surface area contributed by atoms with Crippen molar-refractivity contribution >= 4 is 24.3 Å². The summed E-state index contributed by atoms with van der Waals surface area (Å²) in [5, 5.41) is 7.70. The summed E-state index contributed by atoms with van der Waals surface area (Å²) in [7, 11) is 0.